The van der Waals surface area contributed by atoms with Crippen LogP contribution in [0.5, 0.6) is 0 Å². The molecule has 1 saturated carbocycles. The summed E-state index contributed by atoms with van der Waals surface area (Å²) < 4.78 is 0. The number of likely N-dealkylation sites (tertiary alicyclic amines) is 1. The zero-order valence-corrected chi connectivity index (χ0v) is 12.3. The number of piperidine rings is 1. The van der Waals surface area contributed by atoms with Gasteiger partial charge in [-0.3, -0.25) is 14.9 Å². The average Bonchev–Trinajstić information content (AvgIpc) is 2.46. The van der Waals surface area contributed by atoms with Crippen molar-refractivity contribution in [2.75, 3.05) is 6.54 Å². The third-order valence-corrected chi connectivity index (χ3v) is 4.54. The van der Waals surface area contributed by atoms with Crippen molar-refractivity contribution in [2.24, 2.45) is 5.92 Å². The van der Waals surface area contributed by atoms with Crippen LogP contribution in [0.25, 0.3) is 0 Å². The third-order valence-electron chi connectivity index (χ3n) is 4.54. The number of nitrogens with zero attached hydrogens (tertiary/aromatic N) is 1. The zero-order valence-electron chi connectivity index (χ0n) is 12.3. The van der Waals surface area contributed by atoms with Crippen molar-refractivity contribution in [1.82, 2.24) is 10.2 Å². The number of carbonyl (C=O) groups is 3. The van der Waals surface area contributed by atoms with Gasteiger partial charge in [0.05, 0.1) is 0 Å². The maximum absolute atomic E-state index is 12.2. The molecular weight excluding hydrogens is 272 g/mol. The number of nitrogens with one attached hydrogen (secondary N) is 1. The number of carboxylic acid groups (broad SMARTS) is 1. The fourth-order valence-electron chi connectivity index (χ4n) is 3.53. The van der Waals surface area contributed by atoms with Gasteiger partial charge in [-0.1, -0.05) is 12.8 Å². The van der Waals surface area contributed by atoms with Gasteiger partial charge in [0.25, 0.3) is 0 Å². The van der Waals surface area contributed by atoms with E-state index in [4.69, 9.17) is 5.11 Å². The second-order valence-corrected chi connectivity index (χ2v) is 6.05. The van der Waals surface area contributed by atoms with Gasteiger partial charge < -0.3 is 10.0 Å². The topological polar surface area (TPSA) is 86.7 Å². The second kappa shape index (κ2) is 7.43. The minimum absolute atomic E-state index is 0.0456. The van der Waals surface area contributed by atoms with E-state index in [9.17, 15) is 14.4 Å². The molecule has 0 radical (unpaired) electrons. The van der Waals surface area contributed by atoms with Gasteiger partial charge in [-0.15, -0.1) is 0 Å². The molecule has 0 aromatic rings. The minimum Gasteiger partial charge on any atom is -0.481 e. The number of hydrogen-bond donors (Lipinski definition) is 2. The predicted molar refractivity (Wildman–Crippen MR) is 76.7 cm³/mol. The van der Waals surface area contributed by atoms with E-state index in [0.29, 0.717) is 5.92 Å². The van der Waals surface area contributed by atoms with Crippen LogP contribution in [0.15, 0.2) is 0 Å². The first-order chi connectivity index (χ1) is 10.1. The number of carbonyl (C=O) groups excluding carboxylic acids is 2. The maximum Gasteiger partial charge on any atom is 0.324 e. The number of fused-ring (bicyclic) bond motifs is 1. The SMILES string of the molecule is O=C(O)CCCC(=O)NC(=O)N1CCC[C@H]2CCCC[C@H]21. The van der Waals surface area contributed by atoms with E-state index in [1.807, 2.05) is 4.90 Å². The summed E-state index contributed by atoms with van der Waals surface area (Å²) >= 11 is 0. The molecule has 0 aromatic heterocycles. The summed E-state index contributed by atoms with van der Waals surface area (Å²) in [7, 11) is 0. The van der Waals surface area contributed by atoms with E-state index in [1.165, 1.54) is 19.3 Å². The van der Waals surface area contributed by atoms with Crippen LogP contribution in [0.4, 0.5) is 4.79 Å². The number of amides is 3. The summed E-state index contributed by atoms with van der Waals surface area (Å²) in [6.07, 6.45) is 7.09. The van der Waals surface area contributed by atoms with Crippen LogP contribution in [-0.2, 0) is 9.59 Å². The van der Waals surface area contributed by atoms with Crippen LogP contribution in [0.3, 0.4) is 0 Å². The van der Waals surface area contributed by atoms with Gasteiger partial charge in [-0.25, -0.2) is 4.79 Å². The lowest BCUT2D eigenvalue weighted by Crippen LogP contribution is -2.54. The lowest BCUT2D eigenvalue weighted by molar-refractivity contribution is -0.137. The Labute approximate surface area is 124 Å². The quantitative estimate of drug-likeness (QED) is 0.832. The summed E-state index contributed by atoms with van der Waals surface area (Å²) in [5.74, 6) is -0.713. The van der Waals surface area contributed by atoms with Crippen molar-refractivity contribution < 1.29 is 19.5 Å². The molecule has 3 amide bonds. The van der Waals surface area contributed by atoms with E-state index in [2.05, 4.69) is 5.32 Å². The number of rotatable bonds is 4. The van der Waals surface area contributed by atoms with Gasteiger partial charge in [0.2, 0.25) is 5.91 Å². The van der Waals surface area contributed by atoms with Crippen molar-refractivity contribution in [2.45, 2.75) is 63.8 Å². The largest absolute Gasteiger partial charge is 0.481 e. The summed E-state index contributed by atoms with van der Waals surface area (Å²) in [5.41, 5.74) is 0. The molecule has 2 N–H and O–H groups in total. The van der Waals surface area contributed by atoms with Crippen molar-refractivity contribution >= 4 is 17.9 Å². The predicted octanol–water partition coefficient (Wildman–Crippen LogP) is 2.13. The average molecular weight is 296 g/mol. The van der Waals surface area contributed by atoms with E-state index in [0.717, 1.165) is 25.8 Å². The van der Waals surface area contributed by atoms with Crippen molar-refractivity contribution in [3.05, 3.63) is 0 Å². The Kier molecular flexibility index (Phi) is 5.59. The molecule has 1 heterocycles. The van der Waals surface area contributed by atoms with E-state index in [-0.39, 0.29) is 37.2 Å². The summed E-state index contributed by atoms with van der Waals surface area (Å²) in [6, 6.07) is -0.0220. The number of aliphatic carboxylic acids is 1. The normalized spacial score (nSPS) is 25.0. The smallest absolute Gasteiger partial charge is 0.324 e. The first-order valence-corrected chi connectivity index (χ1v) is 7.90. The second-order valence-electron chi connectivity index (χ2n) is 6.05. The number of imide groups is 1. The Bertz CT molecular complexity index is 408. The first kappa shape index (κ1) is 15.8. The Hall–Kier alpha value is -1.59. The van der Waals surface area contributed by atoms with E-state index in [1.54, 1.807) is 0 Å². The molecule has 2 aliphatic rings. The molecule has 2 fully saturated rings. The van der Waals surface area contributed by atoms with Crippen LogP contribution in [0.2, 0.25) is 0 Å². The van der Waals surface area contributed by atoms with Gasteiger partial charge in [-0.05, 0) is 38.0 Å². The molecule has 2 rings (SSSR count). The van der Waals surface area contributed by atoms with Gasteiger partial charge >= 0.3 is 12.0 Å². The van der Waals surface area contributed by atoms with Crippen LogP contribution in [-0.4, -0.2) is 40.5 Å². The Morgan fingerprint density at radius 3 is 2.52 bits per heavy atom. The standard InChI is InChI=1S/C15H24N2O4/c18-13(8-3-9-14(19)20)16-15(21)17-10-4-6-11-5-1-2-7-12(11)17/h11-12H,1-10H2,(H,19,20)(H,16,18,21)/t11-,12-/m1/s1. The molecule has 0 unspecified atom stereocenters. The van der Waals surface area contributed by atoms with E-state index < -0.39 is 5.97 Å². The molecule has 0 bridgehead atoms. The molecule has 6 heteroatoms. The molecule has 118 valence electrons. The fraction of sp³-hybridized carbons (Fsp3) is 0.800. The lowest BCUT2D eigenvalue weighted by Gasteiger charge is -2.43. The van der Waals surface area contributed by atoms with Crippen molar-refractivity contribution in [1.29, 1.82) is 0 Å². The van der Waals surface area contributed by atoms with Gasteiger partial charge in [0, 0.05) is 25.4 Å². The molecule has 6 nitrogen and oxygen atoms in total. The minimum atomic E-state index is -0.921. The summed E-state index contributed by atoms with van der Waals surface area (Å²) in [4.78, 5) is 36.1. The molecular formula is C15H24N2O4. The van der Waals surface area contributed by atoms with E-state index >= 15 is 0 Å². The molecule has 1 saturated heterocycles. The zero-order chi connectivity index (χ0) is 15.2. The Morgan fingerprint density at radius 1 is 1.05 bits per heavy atom. The molecule has 21 heavy (non-hydrogen) atoms. The summed E-state index contributed by atoms with van der Waals surface area (Å²) in [5, 5.41) is 10.9. The van der Waals surface area contributed by atoms with Gasteiger partial charge in [0.1, 0.15) is 0 Å². The first-order valence-electron chi connectivity index (χ1n) is 7.90. The van der Waals surface area contributed by atoms with Crippen molar-refractivity contribution in [3.63, 3.8) is 0 Å². The molecule has 0 aromatic carbocycles. The molecule has 1 aliphatic heterocycles. The van der Waals surface area contributed by atoms with Gasteiger partial charge in [0.15, 0.2) is 0 Å². The number of urea groups is 1. The fourth-order valence-corrected chi connectivity index (χ4v) is 3.53. The van der Waals surface area contributed by atoms with Crippen molar-refractivity contribution in [3.8, 4) is 0 Å². The highest BCUT2D eigenvalue weighted by Gasteiger charge is 2.35. The Morgan fingerprint density at radius 2 is 1.76 bits per heavy atom. The molecule has 1 aliphatic carbocycles. The molecule has 2 atom stereocenters. The number of hydrogen-bond acceptors (Lipinski definition) is 3. The van der Waals surface area contributed by atoms with Crippen LogP contribution in [0, 0.1) is 5.92 Å². The molecule has 0 spiro atoms. The van der Waals surface area contributed by atoms with Crippen LogP contribution in [0.1, 0.15) is 57.8 Å². The highest BCUT2D eigenvalue weighted by Crippen LogP contribution is 2.35. The highest BCUT2D eigenvalue weighted by molar-refractivity contribution is 5.94. The number of carboxylic acids is 1. The Balaban J connectivity index is 1.81. The van der Waals surface area contributed by atoms with Gasteiger partial charge in [-0.2, -0.15) is 0 Å². The lowest BCUT2D eigenvalue weighted by atomic mass is 9.78. The highest BCUT2D eigenvalue weighted by atomic mass is 16.4. The monoisotopic (exact) mass is 296 g/mol. The van der Waals surface area contributed by atoms with Crippen LogP contribution < -0.4 is 5.32 Å². The summed E-state index contributed by atoms with van der Waals surface area (Å²) in [6.45, 7) is 0.718. The third kappa shape index (κ3) is 4.44. The maximum atomic E-state index is 12.2. The van der Waals surface area contributed by atoms with Crippen LogP contribution >= 0.6 is 0 Å².